The zero-order valence-electron chi connectivity index (χ0n) is 9.50. The van der Waals surface area contributed by atoms with E-state index in [4.69, 9.17) is 0 Å². The molecule has 0 amide bonds. The van der Waals surface area contributed by atoms with E-state index in [1.165, 1.54) is 12.1 Å². The molecule has 93 valence electrons. The van der Waals surface area contributed by atoms with E-state index in [1.54, 1.807) is 6.07 Å². The number of rotatable bonds is 2. The van der Waals surface area contributed by atoms with E-state index >= 15 is 0 Å². The fourth-order valence-electron chi connectivity index (χ4n) is 2.07. The molecule has 1 aliphatic rings. The van der Waals surface area contributed by atoms with Gasteiger partial charge in [0.2, 0.25) is 0 Å². The molecule has 1 aliphatic heterocycles. The molecule has 0 atom stereocenters. The molecule has 0 spiro atoms. The Morgan fingerprint density at radius 2 is 1.82 bits per heavy atom. The van der Waals surface area contributed by atoms with Gasteiger partial charge in [0, 0.05) is 6.54 Å². The molecule has 0 saturated carbocycles. The molecule has 1 aromatic rings. The van der Waals surface area contributed by atoms with Gasteiger partial charge in [0.25, 0.3) is 0 Å². The van der Waals surface area contributed by atoms with Crippen LogP contribution < -0.4 is 0 Å². The van der Waals surface area contributed by atoms with Gasteiger partial charge in [0.15, 0.2) is 0 Å². The Morgan fingerprint density at radius 3 is 2.47 bits per heavy atom. The van der Waals surface area contributed by atoms with E-state index in [9.17, 15) is 13.2 Å². The van der Waals surface area contributed by atoms with E-state index in [-0.39, 0.29) is 0 Å². The highest BCUT2D eigenvalue weighted by Crippen LogP contribution is 2.29. The van der Waals surface area contributed by atoms with Crippen LogP contribution in [-0.4, -0.2) is 18.0 Å². The minimum Gasteiger partial charge on any atom is -0.299 e. The molecule has 0 aliphatic carbocycles. The van der Waals surface area contributed by atoms with Gasteiger partial charge in [0.1, 0.15) is 0 Å². The summed E-state index contributed by atoms with van der Waals surface area (Å²) < 4.78 is 37.6. The Hall–Kier alpha value is -1.03. The summed E-state index contributed by atoms with van der Waals surface area (Å²) >= 11 is 0. The van der Waals surface area contributed by atoms with Gasteiger partial charge in [-0.1, -0.05) is 18.2 Å². The number of hydrogen-bond acceptors (Lipinski definition) is 1. The smallest absolute Gasteiger partial charge is 0.299 e. The summed E-state index contributed by atoms with van der Waals surface area (Å²) in [5.74, 6) is 0. The Labute approximate surface area is 99.2 Å². The predicted octanol–water partition coefficient (Wildman–Crippen LogP) is 3.51. The lowest BCUT2D eigenvalue weighted by atomic mass is 10.1. The number of likely N-dealkylation sites (tertiary alicyclic amines) is 1. The SMILES string of the molecule is FC(F)(F)c1cccc(CN2CC[CH]CC2)c1. The van der Waals surface area contributed by atoms with Crippen LogP contribution in [0.4, 0.5) is 13.2 Å². The first-order valence-electron chi connectivity index (χ1n) is 5.76. The minimum atomic E-state index is -4.24. The molecule has 1 aromatic carbocycles. The Balaban J connectivity index is 2.05. The summed E-state index contributed by atoms with van der Waals surface area (Å²) in [6, 6.07) is 5.60. The van der Waals surface area contributed by atoms with Gasteiger partial charge >= 0.3 is 6.18 Å². The third kappa shape index (κ3) is 3.46. The maximum atomic E-state index is 12.5. The monoisotopic (exact) mass is 242 g/mol. The Morgan fingerprint density at radius 1 is 1.12 bits per heavy atom. The third-order valence-corrected chi connectivity index (χ3v) is 2.96. The van der Waals surface area contributed by atoms with Crippen molar-refractivity contribution < 1.29 is 13.2 Å². The Kier molecular flexibility index (Phi) is 3.72. The van der Waals surface area contributed by atoms with E-state index in [1.807, 2.05) is 0 Å². The van der Waals surface area contributed by atoms with Crippen molar-refractivity contribution in [1.29, 1.82) is 0 Å². The van der Waals surface area contributed by atoms with Crippen molar-refractivity contribution in [3.63, 3.8) is 0 Å². The van der Waals surface area contributed by atoms with Crippen molar-refractivity contribution in [1.82, 2.24) is 4.90 Å². The lowest BCUT2D eigenvalue weighted by Crippen LogP contribution is -2.29. The van der Waals surface area contributed by atoms with Crippen LogP contribution in [0.2, 0.25) is 0 Å². The van der Waals surface area contributed by atoms with Crippen molar-refractivity contribution in [2.75, 3.05) is 13.1 Å². The number of hydrogen-bond donors (Lipinski definition) is 0. The molecule has 1 nitrogen and oxygen atoms in total. The number of benzene rings is 1. The van der Waals surface area contributed by atoms with Crippen LogP contribution in [0.25, 0.3) is 0 Å². The molecule has 0 bridgehead atoms. The molecule has 0 N–H and O–H groups in total. The maximum Gasteiger partial charge on any atom is 0.416 e. The second-order valence-electron chi connectivity index (χ2n) is 4.34. The summed E-state index contributed by atoms with van der Waals surface area (Å²) in [7, 11) is 0. The van der Waals surface area contributed by atoms with Crippen molar-refractivity contribution >= 4 is 0 Å². The molecule has 1 radical (unpaired) electrons. The lowest BCUT2D eigenvalue weighted by Gasteiger charge is -2.26. The van der Waals surface area contributed by atoms with Crippen LogP contribution in [0.1, 0.15) is 24.0 Å². The molecule has 1 saturated heterocycles. The highest BCUT2D eigenvalue weighted by Gasteiger charge is 2.30. The summed E-state index contributed by atoms with van der Waals surface area (Å²) in [6.07, 6.45) is 0.0340. The second kappa shape index (κ2) is 5.08. The van der Waals surface area contributed by atoms with Gasteiger partial charge in [-0.05, 0) is 44.0 Å². The summed E-state index contributed by atoms with van der Waals surface area (Å²) in [5, 5.41) is 0. The summed E-state index contributed by atoms with van der Waals surface area (Å²) in [4.78, 5) is 2.19. The van der Waals surface area contributed by atoms with Gasteiger partial charge < -0.3 is 0 Å². The zero-order valence-corrected chi connectivity index (χ0v) is 9.50. The zero-order chi connectivity index (χ0) is 12.3. The molecule has 1 fully saturated rings. The molecule has 0 unspecified atom stereocenters. The highest BCUT2D eigenvalue weighted by molar-refractivity contribution is 5.25. The molecule has 2 rings (SSSR count). The summed E-state index contributed by atoms with van der Waals surface area (Å²) in [5.41, 5.74) is 0.181. The van der Waals surface area contributed by atoms with Crippen LogP contribution in [0.15, 0.2) is 24.3 Å². The molecular weight excluding hydrogens is 227 g/mol. The minimum absolute atomic E-state index is 0.557. The van der Waals surface area contributed by atoms with Crippen molar-refractivity contribution in [2.45, 2.75) is 25.6 Å². The van der Waals surface area contributed by atoms with Crippen LogP contribution in [0.3, 0.4) is 0 Å². The summed E-state index contributed by atoms with van der Waals surface area (Å²) in [6.45, 7) is 2.49. The average Bonchev–Trinajstić information content (AvgIpc) is 2.29. The van der Waals surface area contributed by atoms with Gasteiger partial charge in [0.05, 0.1) is 5.56 Å². The third-order valence-electron chi connectivity index (χ3n) is 2.96. The van der Waals surface area contributed by atoms with Gasteiger partial charge in [-0.25, -0.2) is 0 Å². The first-order valence-corrected chi connectivity index (χ1v) is 5.76. The number of nitrogens with zero attached hydrogens (tertiary/aromatic N) is 1. The van der Waals surface area contributed by atoms with Crippen LogP contribution in [0, 0.1) is 6.42 Å². The fourth-order valence-corrected chi connectivity index (χ4v) is 2.07. The quantitative estimate of drug-likeness (QED) is 0.767. The van der Waals surface area contributed by atoms with Crippen LogP contribution >= 0.6 is 0 Å². The molecule has 17 heavy (non-hydrogen) atoms. The van der Waals surface area contributed by atoms with E-state index in [2.05, 4.69) is 11.3 Å². The van der Waals surface area contributed by atoms with Gasteiger partial charge in [-0.2, -0.15) is 13.2 Å². The number of piperidine rings is 1. The normalized spacial score (nSPS) is 18.3. The molecule has 4 heteroatoms. The Bertz CT molecular complexity index is 367. The van der Waals surface area contributed by atoms with E-state index < -0.39 is 11.7 Å². The standard InChI is InChI=1S/C13H15F3N/c14-13(15,16)12-6-4-5-11(9-12)10-17-7-2-1-3-8-17/h1,4-6,9H,2-3,7-8,10H2. The van der Waals surface area contributed by atoms with Crippen LogP contribution in [-0.2, 0) is 12.7 Å². The van der Waals surface area contributed by atoms with Crippen molar-refractivity contribution in [3.8, 4) is 0 Å². The number of alkyl halides is 3. The molecule has 0 aromatic heterocycles. The van der Waals surface area contributed by atoms with Gasteiger partial charge in [-0.15, -0.1) is 0 Å². The predicted molar refractivity (Wildman–Crippen MR) is 60.3 cm³/mol. The maximum absolute atomic E-state index is 12.5. The first kappa shape index (κ1) is 12.4. The largest absolute Gasteiger partial charge is 0.416 e. The van der Waals surface area contributed by atoms with Gasteiger partial charge in [-0.3, -0.25) is 4.90 Å². The topological polar surface area (TPSA) is 3.24 Å². The van der Waals surface area contributed by atoms with Crippen molar-refractivity contribution in [3.05, 3.63) is 41.8 Å². The van der Waals surface area contributed by atoms with Crippen LogP contribution in [0.5, 0.6) is 0 Å². The van der Waals surface area contributed by atoms with Crippen molar-refractivity contribution in [2.24, 2.45) is 0 Å². The lowest BCUT2D eigenvalue weighted by molar-refractivity contribution is -0.137. The second-order valence-corrected chi connectivity index (χ2v) is 4.34. The average molecular weight is 242 g/mol. The number of halogens is 3. The molecule has 1 heterocycles. The fraction of sp³-hybridized carbons (Fsp3) is 0.462. The molecular formula is C13H15F3N. The highest BCUT2D eigenvalue weighted by atomic mass is 19.4. The van der Waals surface area contributed by atoms with E-state index in [0.29, 0.717) is 6.54 Å². The first-order chi connectivity index (χ1) is 8.05. The van der Waals surface area contributed by atoms with E-state index in [0.717, 1.165) is 37.6 Å².